The number of hydrogen-bond acceptors (Lipinski definition) is 3. The first-order chi connectivity index (χ1) is 10.1. The summed E-state index contributed by atoms with van der Waals surface area (Å²) in [4.78, 5) is 2.46. The fourth-order valence-electron chi connectivity index (χ4n) is 3.45. The number of hydrogen-bond donors (Lipinski definition) is 2. The molecule has 1 saturated carbocycles. The summed E-state index contributed by atoms with van der Waals surface area (Å²) in [6.45, 7) is 5.32. The summed E-state index contributed by atoms with van der Waals surface area (Å²) in [5.41, 5.74) is 0.714. The number of aromatic hydroxyl groups is 1. The molecule has 3 rings (SSSR count). The summed E-state index contributed by atoms with van der Waals surface area (Å²) in [7, 11) is 0. The van der Waals surface area contributed by atoms with Gasteiger partial charge in [0.25, 0.3) is 0 Å². The van der Waals surface area contributed by atoms with Crippen molar-refractivity contribution in [3.8, 4) is 5.75 Å². The number of rotatable bonds is 5. The van der Waals surface area contributed by atoms with Gasteiger partial charge in [-0.3, -0.25) is 4.90 Å². The van der Waals surface area contributed by atoms with Crippen molar-refractivity contribution in [2.45, 2.75) is 44.7 Å². The van der Waals surface area contributed by atoms with Crippen molar-refractivity contribution in [3.05, 3.63) is 29.6 Å². The van der Waals surface area contributed by atoms with Crippen molar-refractivity contribution in [2.24, 2.45) is 5.92 Å². The van der Waals surface area contributed by atoms with Crippen molar-refractivity contribution in [1.29, 1.82) is 0 Å². The lowest BCUT2D eigenvalue weighted by molar-refractivity contribution is 0.152. The fraction of sp³-hybridized carbons (Fsp3) is 0.647. The normalized spacial score (nSPS) is 24.2. The van der Waals surface area contributed by atoms with Crippen LogP contribution in [-0.4, -0.2) is 35.7 Å². The van der Waals surface area contributed by atoms with Crippen LogP contribution in [0.3, 0.4) is 0 Å². The molecular weight excluding hydrogens is 267 g/mol. The van der Waals surface area contributed by atoms with Crippen molar-refractivity contribution in [3.63, 3.8) is 0 Å². The maximum absolute atomic E-state index is 13.5. The second-order valence-electron chi connectivity index (χ2n) is 6.52. The van der Waals surface area contributed by atoms with E-state index in [1.54, 1.807) is 0 Å². The third kappa shape index (κ3) is 3.55. The fourth-order valence-corrected chi connectivity index (χ4v) is 3.45. The summed E-state index contributed by atoms with van der Waals surface area (Å²) < 4.78 is 13.5. The van der Waals surface area contributed by atoms with Crippen molar-refractivity contribution < 1.29 is 9.50 Å². The molecule has 1 aromatic rings. The van der Waals surface area contributed by atoms with Gasteiger partial charge in [-0.1, -0.05) is 0 Å². The van der Waals surface area contributed by atoms with Crippen LogP contribution in [0.25, 0.3) is 0 Å². The van der Waals surface area contributed by atoms with E-state index in [-0.39, 0.29) is 17.6 Å². The Kier molecular flexibility index (Phi) is 4.45. The minimum atomic E-state index is -0.273. The second kappa shape index (κ2) is 6.32. The van der Waals surface area contributed by atoms with Crippen LogP contribution in [0.15, 0.2) is 18.2 Å². The Labute approximate surface area is 126 Å². The van der Waals surface area contributed by atoms with Gasteiger partial charge in [-0.15, -0.1) is 0 Å². The Morgan fingerprint density at radius 3 is 2.86 bits per heavy atom. The Morgan fingerprint density at radius 2 is 2.19 bits per heavy atom. The van der Waals surface area contributed by atoms with E-state index in [0.717, 1.165) is 19.6 Å². The van der Waals surface area contributed by atoms with E-state index in [1.807, 2.05) is 0 Å². The third-order valence-corrected chi connectivity index (χ3v) is 4.82. The first kappa shape index (κ1) is 14.8. The number of benzene rings is 1. The van der Waals surface area contributed by atoms with Crippen LogP contribution >= 0.6 is 0 Å². The average molecular weight is 292 g/mol. The quantitative estimate of drug-likeness (QED) is 0.875. The van der Waals surface area contributed by atoms with Gasteiger partial charge in [-0.25, -0.2) is 4.39 Å². The summed E-state index contributed by atoms with van der Waals surface area (Å²) in [5.74, 6) is 0.596. The highest BCUT2D eigenvalue weighted by Crippen LogP contribution is 2.38. The predicted molar refractivity (Wildman–Crippen MR) is 81.8 cm³/mol. The first-order valence-electron chi connectivity index (χ1n) is 8.10. The predicted octanol–water partition coefficient (Wildman–Crippen LogP) is 3.06. The molecule has 0 aromatic heterocycles. The minimum absolute atomic E-state index is 0.0649. The van der Waals surface area contributed by atoms with Crippen molar-refractivity contribution in [1.82, 2.24) is 10.2 Å². The topological polar surface area (TPSA) is 35.5 Å². The highest BCUT2D eigenvalue weighted by atomic mass is 19.1. The number of piperidine rings is 1. The highest BCUT2D eigenvalue weighted by Gasteiger charge is 2.35. The number of nitrogens with one attached hydrogen (secondary N) is 1. The van der Waals surface area contributed by atoms with E-state index in [0.29, 0.717) is 17.5 Å². The largest absolute Gasteiger partial charge is 0.508 e. The Hall–Kier alpha value is -1.13. The molecule has 1 heterocycles. The van der Waals surface area contributed by atoms with Gasteiger partial charge < -0.3 is 10.4 Å². The Bertz CT molecular complexity index is 484. The monoisotopic (exact) mass is 292 g/mol. The summed E-state index contributed by atoms with van der Waals surface area (Å²) in [6.07, 6.45) is 4.95. The van der Waals surface area contributed by atoms with Crippen LogP contribution < -0.4 is 5.32 Å². The van der Waals surface area contributed by atoms with Crippen LogP contribution in [0.4, 0.5) is 4.39 Å². The minimum Gasteiger partial charge on any atom is -0.508 e. The zero-order valence-electron chi connectivity index (χ0n) is 12.7. The van der Waals surface area contributed by atoms with E-state index in [2.05, 4.69) is 17.1 Å². The molecule has 0 radical (unpaired) electrons. The zero-order valence-corrected chi connectivity index (χ0v) is 12.7. The lowest BCUT2D eigenvalue weighted by Crippen LogP contribution is -2.40. The molecule has 1 aromatic carbocycles. The molecule has 2 atom stereocenters. The van der Waals surface area contributed by atoms with Gasteiger partial charge in [0.15, 0.2) is 0 Å². The van der Waals surface area contributed by atoms with E-state index in [4.69, 9.17) is 0 Å². The van der Waals surface area contributed by atoms with E-state index < -0.39 is 0 Å². The van der Waals surface area contributed by atoms with Crippen LogP contribution in [0.5, 0.6) is 5.75 Å². The molecule has 0 amide bonds. The second-order valence-corrected chi connectivity index (χ2v) is 6.52. The van der Waals surface area contributed by atoms with Crippen LogP contribution in [0.1, 0.15) is 44.2 Å². The smallest absolute Gasteiger partial charge is 0.123 e. The van der Waals surface area contributed by atoms with Gasteiger partial charge >= 0.3 is 0 Å². The summed E-state index contributed by atoms with van der Waals surface area (Å²) in [6, 6.07) is 4.93. The molecular formula is C17H25FN2O. The Morgan fingerprint density at radius 1 is 1.38 bits per heavy atom. The van der Waals surface area contributed by atoms with Gasteiger partial charge in [-0.05, 0) is 69.8 Å². The number of phenolic OH excluding ortho intramolecular Hbond substituents is 1. The molecule has 2 aliphatic rings. The lowest BCUT2D eigenvalue weighted by Gasteiger charge is -2.34. The zero-order chi connectivity index (χ0) is 14.8. The molecule has 1 aliphatic carbocycles. The molecule has 0 bridgehead atoms. The number of halogens is 1. The molecule has 1 saturated heterocycles. The highest BCUT2D eigenvalue weighted by molar-refractivity contribution is 5.35. The van der Waals surface area contributed by atoms with E-state index in [1.165, 1.54) is 43.9 Å². The van der Waals surface area contributed by atoms with Crippen molar-refractivity contribution in [2.75, 3.05) is 19.6 Å². The first-order valence-corrected chi connectivity index (χ1v) is 8.10. The standard InChI is InChI=1S/C17H25FN2O/c1-12(16-9-14(18)4-7-17(16)21)20(15-5-6-15)11-13-3-2-8-19-10-13/h4,7,9,12-13,15,19,21H,2-3,5-6,8,10-11H2,1H3. The maximum atomic E-state index is 13.5. The summed E-state index contributed by atoms with van der Waals surface area (Å²) >= 11 is 0. The van der Waals surface area contributed by atoms with Crippen LogP contribution in [-0.2, 0) is 0 Å². The molecule has 116 valence electrons. The lowest BCUT2D eigenvalue weighted by atomic mass is 9.97. The van der Waals surface area contributed by atoms with Gasteiger partial charge in [0.05, 0.1) is 0 Å². The number of phenols is 1. The number of nitrogens with zero attached hydrogens (tertiary/aromatic N) is 1. The van der Waals surface area contributed by atoms with E-state index in [9.17, 15) is 9.50 Å². The molecule has 2 fully saturated rings. The molecule has 21 heavy (non-hydrogen) atoms. The van der Waals surface area contributed by atoms with Crippen molar-refractivity contribution >= 4 is 0 Å². The molecule has 1 aliphatic heterocycles. The van der Waals surface area contributed by atoms with E-state index >= 15 is 0 Å². The van der Waals surface area contributed by atoms with Crippen LogP contribution in [0, 0.1) is 11.7 Å². The Balaban J connectivity index is 1.74. The molecule has 2 unspecified atom stereocenters. The van der Waals surface area contributed by atoms with Gasteiger partial charge in [-0.2, -0.15) is 0 Å². The SMILES string of the molecule is CC(c1cc(F)ccc1O)N(CC1CCCNC1)C1CC1. The van der Waals surface area contributed by atoms with Gasteiger partial charge in [0.1, 0.15) is 11.6 Å². The maximum Gasteiger partial charge on any atom is 0.123 e. The molecule has 2 N–H and O–H groups in total. The molecule has 0 spiro atoms. The van der Waals surface area contributed by atoms with Gasteiger partial charge in [0.2, 0.25) is 0 Å². The average Bonchev–Trinajstić information content (AvgIpc) is 3.32. The van der Waals surface area contributed by atoms with Gasteiger partial charge in [0, 0.05) is 24.2 Å². The molecule has 3 nitrogen and oxygen atoms in total. The summed E-state index contributed by atoms with van der Waals surface area (Å²) in [5, 5.41) is 13.5. The third-order valence-electron chi connectivity index (χ3n) is 4.82. The van der Waals surface area contributed by atoms with Crippen LogP contribution in [0.2, 0.25) is 0 Å². The molecule has 4 heteroatoms.